The summed E-state index contributed by atoms with van der Waals surface area (Å²) in [4.78, 5) is 0. The molecule has 1 aromatic carbocycles. The van der Waals surface area contributed by atoms with E-state index in [4.69, 9.17) is 0 Å². The van der Waals surface area contributed by atoms with Gasteiger partial charge in [0.1, 0.15) is 0 Å². The Kier molecular flexibility index (Phi) is 4.61. The summed E-state index contributed by atoms with van der Waals surface area (Å²) >= 11 is 0. The van der Waals surface area contributed by atoms with E-state index in [2.05, 4.69) is 43.4 Å². The Morgan fingerprint density at radius 2 is 1.94 bits per heavy atom. The molecule has 1 aliphatic rings. The highest BCUT2D eigenvalue weighted by atomic mass is 14.9. The highest BCUT2D eigenvalue weighted by Gasteiger charge is 2.24. The molecule has 0 saturated heterocycles. The van der Waals surface area contributed by atoms with Gasteiger partial charge in [-0.2, -0.15) is 0 Å². The van der Waals surface area contributed by atoms with Crippen LogP contribution in [-0.4, -0.2) is 12.6 Å². The quantitative estimate of drug-likeness (QED) is 0.754. The van der Waals surface area contributed by atoms with Gasteiger partial charge in [0, 0.05) is 6.04 Å². The first-order valence-electron chi connectivity index (χ1n) is 7.07. The molecule has 0 spiro atoms. The molecule has 1 fully saturated rings. The van der Waals surface area contributed by atoms with Crippen molar-refractivity contribution >= 4 is 0 Å². The third kappa shape index (κ3) is 4.51. The van der Waals surface area contributed by atoms with Crippen LogP contribution >= 0.6 is 0 Å². The maximum atomic E-state index is 3.64. The molecule has 1 N–H and O–H groups in total. The summed E-state index contributed by atoms with van der Waals surface area (Å²) in [5.74, 6) is 1.03. The lowest BCUT2D eigenvalue weighted by molar-refractivity contribution is 0.442. The van der Waals surface area contributed by atoms with E-state index in [1.807, 2.05) is 0 Å². The normalized spacial score (nSPS) is 17.1. The Balaban J connectivity index is 1.78. The summed E-state index contributed by atoms with van der Waals surface area (Å²) in [5, 5.41) is 3.64. The van der Waals surface area contributed by atoms with E-state index in [1.165, 1.54) is 43.2 Å². The van der Waals surface area contributed by atoms with Crippen molar-refractivity contribution in [2.75, 3.05) is 6.54 Å². The van der Waals surface area contributed by atoms with Crippen LogP contribution < -0.4 is 5.32 Å². The number of hydrogen-bond donors (Lipinski definition) is 1. The molecule has 1 unspecified atom stereocenters. The molecular formula is C16H25N. The number of nitrogens with one attached hydrogen (secondary N) is 1. The van der Waals surface area contributed by atoms with Crippen LogP contribution in [0.5, 0.6) is 0 Å². The number of rotatable bonds is 7. The molecule has 0 heterocycles. The molecule has 0 amide bonds. The van der Waals surface area contributed by atoms with Gasteiger partial charge in [0.25, 0.3) is 0 Å². The largest absolute Gasteiger partial charge is 0.314 e. The van der Waals surface area contributed by atoms with Gasteiger partial charge < -0.3 is 5.32 Å². The highest BCUT2D eigenvalue weighted by Crippen LogP contribution is 2.34. The van der Waals surface area contributed by atoms with Crippen LogP contribution in [0.1, 0.15) is 43.7 Å². The summed E-state index contributed by atoms with van der Waals surface area (Å²) < 4.78 is 0. The number of hydrogen-bond acceptors (Lipinski definition) is 1. The molecule has 1 heteroatoms. The molecule has 0 radical (unpaired) electrons. The second-order valence-electron chi connectivity index (χ2n) is 5.46. The molecule has 1 saturated carbocycles. The Morgan fingerprint density at radius 1 is 1.24 bits per heavy atom. The second-order valence-corrected chi connectivity index (χ2v) is 5.46. The van der Waals surface area contributed by atoms with E-state index in [-0.39, 0.29) is 0 Å². The van der Waals surface area contributed by atoms with Crippen molar-refractivity contribution < 1.29 is 0 Å². The Morgan fingerprint density at radius 3 is 2.53 bits per heavy atom. The molecule has 1 atom stereocenters. The Bertz CT molecular complexity index is 324. The van der Waals surface area contributed by atoms with Crippen molar-refractivity contribution in [3.63, 3.8) is 0 Å². The van der Waals surface area contributed by atoms with Crippen molar-refractivity contribution in [2.24, 2.45) is 5.92 Å². The summed E-state index contributed by atoms with van der Waals surface area (Å²) in [7, 11) is 0. The lowest BCUT2D eigenvalue weighted by Crippen LogP contribution is -2.29. The molecule has 0 aliphatic heterocycles. The Labute approximate surface area is 106 Å². The SMILES string of the molecule is CCNC(CCc1ccc(C)cc1)CC1CC1. The minimum Gasteiger partial charge on any atom is -0.314 e. The summed E-state index contributed by atoms with van der Waals surface area (Å²) in [6.07, 6.45) is 6.82. The van der Waals surface area contributed by atoms with Gasteiger partial charge in [-0.05, 0) is 44.2 Å². The third-order valence-corrected chi connectivity index (χ3v) is 3.71. The lowest BCUT2D eigenvalue weighted by Gasteiger charge is -2.17. The zero-order valence-corrected chi connectivity index (χ0v) is 11.2. The average molecular weight is 231 g/mol. The van der Waals surface area contributed by atoms with Gasteiger partial charge in [0.2, 0.25) is 0 Å². The fourth-order valence-electron chi connectivity index (χ4n) is 2.44. The maximum Gasteiger partial charge on any atom is 0.00727 e. The predicted molar refractivity (Wildman–Crippen MR) is 74.3 cm³/mol. The van der Waals surface area contributed by atoms with Gasteiger partial charge in [-0.3, -0.25) is 0 Å². The van der Waals surface area contributed by atoms with Crippen LogP contribution in [-0.2, 0) is 6.42 Å². The van der Waals surface area contributed by atoms with Crippen molar-refractivity contribution in [1.29, 1.82) is 0 Å². The van der Waals surface area contributed by atoms with E-state index in [1.54, 1.807) is 0 Å². The lowest BCUT2D eigenvalue weighted by atomic mass is 10.0. The molecular weight excluding hydrogens is 206 g/mol. The standard InChI is InChI=1S/C16H25N/c1-3-17-16(12-15-8-9-15)11-10-14-6-4-13(2)5-7-14/h4-7,15-17H,3,8-12H2,1-2H3. The number of benzene rings is 1. The van der Waals surface area contributed by atoms with E-state index >= 15 is 0 Å². The first-order chi connectivity index (χ1) is 8.28. The zero-order chi connectivity index (χ0) is 12.1. The van der Waals surface area contributed by atoms with Gasteiger partial charge in [-0.25, -0.2) is 0 Å². The highest BCUT2D eigenvalue weighted by molar-refractivity contribution is 5.21. The van der Waals surface area contributed by atoms with E-state index in [9.17, 15) is 0 Å². The van der Waals surface area contributed by atoms with Crippen LogP contribution in [0.25, 0.3) is 0 Å². The number of aryl methyl sites for hydroxylation is 2. The van der Waals surface area contributed by atoms with Crippen LogP contribution in [0.15, 0.2) is 24.3 Å². The zero-order valence-electron chi connectivity index (χ0n) is 11.2. The first kappa shape index (κ1) is 12.6. The third-order valence-electron chi connectivity index (χ3n) is 3.71. The van der Waals surface area contributed by atoms with E-state index in [0.717, 1.165) is 18.5 Å². The van der Waals surface area contributed by atoms with Crippen molar-refractivity contribution in [3.8, 4) is 0 Å². The van der Waals surface area contributed by atoms with Crippen LogP contribution in [0.2, 0.25) is 0 Å². The molecule has 1 nitrogen and oxygen atoms in total. The monoisotopic (exact) mass is 231 g/mol. The molecule has 1 aliphatic carbocycles. The predicted octanol–water partition coefficient (Wildman–Crippen LogP) is 3.71. The maximum absolute atomic E-state index is 3.64. The van der Waals surface area contributed by atoms with E-state index < -0.39 is 0 Å². The van der Waals surface area contributed by atoms with Crippen molar-refractivity contribution in [3.05, 3.63) is 35.4 Å². The average Bonchev–Trinajstić information content (AvgIpc) is 3.12. The molecule has 2 rings (SSSR count). The fourth-order valence-corrected chi connectivity index (χ4v) is 2.44. The smallest absolute Gasteiger partial charge is 0.00727 e. The van der Waals surface area contributed by atoms with E-state index in [0.29, 0.717) is 0 Å². The summed E-state index contributed by atoms with van der Waals surface area (Å²) in [5.41, 5.74) is 2.84. The van der Waals surface area contributed by atoms with Gasteiger partial charge >= 0.3 is 0 Å². The molecule has 0 bridgehead atoms. The van der Waals surface area contributed by atoms with Crippen molar-refractivity contribution in [2.45, 2.75) is 52.0 Å². The van der Waals surface area contributed by atoms with Crippen LogP contribution in [0.3, 0.4) is 0 Å². The van der Waals surface area contributed by atoms with Crippen LogP contribution in [0, 0.1) is 12.8 Å². The second kappa shape index (κ2) is 6.20. The molecule has 0 aromatic heterocycles. The molecule has 1 aromatic rings. The first-order valence-corrected chi connectivity index (χ1v) is 7.07. The van der Waals surface area contributed by atoms with Crippen LogP contribution in [0.4, 0.5) is 0 Å². The molecule has 17 heavy (non-hydrogen) atoms. The minimum absolute atomic E-state index is 0.730. The topological polar surface area (TPSA) is 12.0 Å². The summed E-state index contributed by atoms with van der Waals surface area (Å²) in [6, 6.07) is 9.72. The summed E-state index contributed by atoms with van der Waals surface area (Å²) in [6.45, 7) is 5.47. The van der Waals surface area contributed by atoms with Gasteiger partial charge in [-0.1, -0.05) is 49.6 Å². The Hall–Kier alpha value is -0.820. The molecule has 94 valence electrons. The minimum atomic E-state index is 0.730. The van der Waals surface area contributed by atoms with Gasteiger partial charge in [0.05, 0.1) is 0 Å². The van der Waals surface area contributed by atoms with Gasteiger partial charge in [0.15, 0.2) is 0 Å². The fraction of sp³-hybridized carbons (Fsp3) is 0.625. The van der Waals surface area contributed by atoms with Gasteiger partial charge in [-0.15, -0.1) is 0 Å². The van der Waals surface area contributed by atoms with Crippen molar-refractivity contribution in [1.82, 2.24) is 5.32 Å².